The van der Waals surface area contributed by atoms with E-state index in [2.05, 4.69) is 11.9 Å². The van der Waals surface area contributed by atoms with Crippen molar-refractivity contribution in [1.82, 2.24) is 4.90 Å². The van der Waals surface area contributed by atoms with E-state index in [0.29, 0.717) is 0 Å². The Labute approximate surface area is 108 Å². The molecule has 0 radical (unpaired) electrons. The van der Waals surface area contributed by atoms with E-state index in [1.807, 2.05) is 25.1 Å². The van der Waals surface area contributed by atoms with Gasteiger partial charge in [-0.2, -0.15) is 0 Å². The molecular weight excluding hydrogens is 238 g/mol. The fraction of sp³-hybridized carbons (Fsp3) is 0.538. The van der Waals surface area contributed by atoms with Crippen LogP contribution in [0.5, 0.6) is 11.5 Å². The van der Waals surface area contributed by atoms with Gasteiger partial charge in [0.2, 0.25) is 0 Å². The van der Waals surface area contributed by atoms with Crippen molar-refractivity contribution in [2.24, 2.45) is 0 Å². The van der Waals surface area contributed by atoms with Gasteiger partial charge < -0.3 is 14.4 Å². The van der Waals surface area contributed by atoms with Gasteiger partial charge in [-0.3, -0.25) is 0 Å². The van der Waals surface area contributed by atoms with Gasteiger partial charge in [-0.25, -0.2) is 0 Å². The molecule has 0 fully saturated rings. The highest BCUT2D eigenvalue weighted by atomic mass is 35.5. The van der Waals surface area contributed by atoms with Crippen LogP contribution >= 0.6 is 11.6 Å². The molecule has 0 N–H and O–H groups in total. The van der Waals surface area contributed by atoms with Crippen molar-refractivity contribution < 1.29 is 9.47 Å². The molecule has 0 aliphatic rings. The quantitative estimate of drug-likeness (QED) is 0.732. The van der Waals surface area contributed by atoms with E-state index in [9.17, 15) is 0 Å². The van der Waals surface area contributed by atoms with Crippen LogP contribution in [0.15, 0.2) is 18.2 Å². The Kier molecular flexibility index (Phi) is 5.59. The molecule has 3 nitrogen and oxygen atoms in total. The average molecular weight is 258 g/mol. The maximum absolute atomic E-state index is 5.96. The molecule has 0 aliphatic carbocycles. The average Bonchev–Trinajstić information content (AvgIpc) is 2.27. The Morgan fingerprint density at radius 1 is 1.24 bits per heavy atom. The topological polar surface area (TPSA) is 21.7 Å². The van der Waals surface area contributed by atoms with Gasteiger partial charge in [0.25, 0.3) is 0 Å². The molecule has 96 valence electrons. The number of alkyl halides is 1. The van der Waals surface area contributed by atoms with Crippen LogP contribution in [0.4, 0.5) is 0 Å². The van der Waals surface area contributed by atoms with Gasteiger partial charge >= 0.3 is 0 Å². The number of ether oxygens (including phenoxy) is 2. The highest BCUT2D eigenvalue weighted by molar-refractivity contribution is 6.20. The first-order valence-corrected chi connectivity index (χ1v) is 6.04. The van der Waals surface area contributed by atoms with Crippen LogP contribution in [-0.4, -0.2) is 38.1 Å². The fourth-order valence-electron chi connectivity index (χ4n) is 1.78. The van der Waals surface area contributed by atoms with Crippen LogP contribution < -0.4 is 9.47 Å². The fourth-order valence-corrected chi connectivity index (χ4v) is 2.02. The second-order valence-corrected chi connectivity index (χ2v) is 4.91. The SMILES string of the molecule is COc1ccc(CN(C)CC(C)Cl)cc1OC. The molecule has 0 saturated heterocycles. The molecule has 17 heavy (non-hydrogen) atoms. The molecule has 1 rings (SSSR count). The summed E-state index contributed by atoms with van der Waals surface area (Å²) in [5, 5.41) is 0.153. The van der Waals surface area contributed by atoms with Gasteiger partial charge in [0.15, 0.2) is 11.5 Å². The second kappa shape index (κ2) is 6.72. The Balaban J connectivity index is 2.72. The van der Waals surface area contributed by atoms with E-state index in [-0.39, 0.29) is 5.38 Å². The Hall–Kier alpha value is -0.930. The first-order valence-electron chi connectivity index (χ1n) is 5.60. The van der Waals surface area contributed by atoms with E-state index >= 15 is 0 Å². The lowest BCUT2D eigenvalue weighted by Gasteiger charge is -2.18. The molecule has 0 heterocycles. The van der Waals surface area contributed by atoms with Crippen LogP contribution in [0, 0.1) is 0 Å². The van der Waals surface area contributed by atoms with Gasteiger partial charge in [-0.15, -0.1) is 11.6 Å². The Bertz CT molecular complexity index is 355. The predicted octanol–water partition coefficient (Wildman–Crippen LogP) is 2.76. The zero-order valence-electron chi connectivity index (χ0n) is 10.9. The summed E-state index contributed by atoms with van der Waals surface area (Å²) >= 11 is 5.96. The molecule has 1 atom stereocenters. The van der Waals surface area contributed by atoms with Crippen molar-refractivity contribution in [2.75, 3.05) is 27.8 Å². The first kappa shape index (κ1) is 14.1. The molecular formula is C13H20ClNO2. The first-order chi connectivity index (χ1) is 8.06. The van der Waals surface area contributed by atoms with E-state index in [1.54, 1.807) is 14.2 Å². The number of hydrogen-bond donors (Lipinski definition) is 0. The van der Waals surface area contributed by atoms with Crippen molar-refractivity contribution in [3.63, 3.8) is 0 Å². The molecule has 0 aliphatic heterocycles. The third-order valence-electron chi connectivity index (χ3n) is 2.46. The van der Waals surface area contributed by atoms with Crippen LogP contribution in [0.2, 0.25) is 0 Å². The smallest absolute Gasteiger partial charge is 0.161 e. The summed E-state index contributed by atoms with van der Waals surface area (Å²) in [6, 6.07) is 5.96. The number of methoxy groups -OCH3 is 2. The van der Waals surface area contributed by atoms with Gasteiger partial charge in [-0.1, -0.05) is 6.07 Å². The van der Waals surface area contributed by atoms with E-state index in [4.69, 9.17) is 21.1 Å². The minimum Gasteiger partial charge on any atom is -0.493 e. The number of nitrogens with zero attached hydrogens (tertiary/aromatic N) is 1. The third kappa shape index (κ3) is 4.44. The van der Waals surface area contributed by atoms with Crippen LogP contribution in [0.25, 0.3) is 0 Å². The predicted molar refractivity (Wildman–Crippen MR) is 71.2 cm³/mol. The largest absolute Gasteiger partial charge is 0.493 e. The highest BCUT2D eigenvalue weighted by Gasteiger charge is 2.08. The lowest BCUT2D eigenvalue weighted by Crippen LogP contribution is -2.24. The lowest BCUT2D eigenvalue weighted by atomic mass is 10.2. The molecule has 4 heteroatoms. The van der Waals surface area contributed by atoms with Gasteiger partial charge in [0.1, 0.15) is 0 Å². The van der Waals surface area contributed by atoms with E-state index in [0.717, 1.165) is 24.6 Å². The minimum atomic E-state index is 0.153. The summed E-state index contributed by atoms with van der Waals surface area (Å²) in [5.74, 6) is 1.52. The van der Waals surface area contributed by atoms with Crippen LogP contribution in [0.1, 0.15) is 12.5 Å². The van der Waals surface area contributed by atoms with Crippen molar-refractivity contribution in [3.8, 4) is 11.5 Å². The number of benzene rings is 1. The van der Waals surface area contributed by atoms with Crippen LogP contribution in [0.3, 0.4) is 0 Å². The van der Waals surface area contributed by atoms with E-state index in [1.165, 1.54) is 5.56 Å². The van der Waals surface area contributed by atoms with Crippen molar-refractivity contribution >= 4 is 11.6 Å². The summed E-state index contributed by atoms with van der Waals surface area (Å²) < 4.78 is 10.5. The maximum atomic E-state index is 5.96. The summed E-state index contributed by atoms with van der Waals surface area (Å²) in [4.78, 5) is 2.18. The standard InChI is InChI=1S/C13H20ClNO2/c1-10(14)8-15(2)9-11-5-6-12(16-3)13(7-11)17-4/h5-7,10H,8-9H2,1-4H3. The number of rotatable bonds is 6. The molecule has 0 aromatic heterocycles. The molecule has 0 bridgehead atoms. The monoisotopic (exact) mass is 257 g/mol. The summed E-state index contributed by atoms with van der Waals surface area (Å²) in [7, 11) is 5.33. The third-order valence-corrected chi connectivity index (χ3v) is 2.60. The number of halogens is 1. The zero-order valence-corrected chi connectivity index (χ0v) is 11.6. The molecule has 0 amide bonds. The molecule has 1 aromatic carbocycles. The van der Waals surface area contributed by atoms with Gasteiger partial charge in [0.05, 0.1) is 14.2 Å². The Morgan fingerprint density at radius 3 is 2.41 bits per heavy atom. The summed E-state index contributed by atoms with van der Waals surface area (Å²) in [6.45, 7) is 3.69. The Morgan fingerprint density at radius 2 is 1.88 bits per heavy atom. The van der Waals surface area contributed by atoms with Gasteiger partial charge in [0, 0.05) is 18.5 Å². The molecule has 1 unspecified atom stereocenters. The summed E-state index contributed by atoms with van der Waals surface area (Å²) in [6.07, 6.45) is 0. The minimum absolute atomic E-state index is 0.153. The second-order valence-electron chi connectivity index (χ2n) is 4.17. The maximum Gasteiger partial charge on any atom is 0.161 e. The number of hydrogen-bond acceptors (Lipinski definition) is 3. The molecule has 0 spiro atoms. The van der Waals surface area contributed by atoms with Crippen molar-refractivity contribution in [3.05, 3.63) is 23.8 Å². The van der Waals surface area contributed by atoms with E-state index < -0.39 is 0 Å². The molecule has 1 aromatic rings. The van der Waals surface area contributed by atoms with Crippen LogP contribution in [-0.2, 0) is 6.54 Å². The highest BCUT2D eigenvalue weighted by Crippen LogP contribution is 2.27. The van der Waals surface area contributed by atoms with Crippen molar-refractivity contribution in [2.45, 2.75) is 18.8 Å². The van der Waals surface area contributed by atoms with Crippen molar-refractivity contribution in [1.29, 1.82) is 0 Å². The van der Waals surface area contributed by atoms with Gasteiger partial charge in [-0.05, 0) is 31.7 Å². The molecule has 0 saturated carbocycles. The zero-order chi connectivity index (χ0) is 12.8. The summed E-state index contributed by atoms with van der Waals surface area (Å²) in [5.41, 5.74) is 1.18. The normalized spacial score (nSPS) is 12.6. The lowest BCUT2D eigenvalue weighted by molar-refractivity contribution is 0.326.